The van der Waals surface area contributed by atoms with Gasteiger partial charge in [-0.3, -0.25) is 0 Å². The van der Waals surface area contributed by atoms with Crippen LogP contribution in [0.15, 0.2) is 71.7 Å². The summed E-state index contributed by atoms with van der Waals surface area (Å²) < 4.78 is 16.0. The summed E-state index contributed by atoms with van der Waals surface area (Å²) in [6.07, 6.45) is 7.42. The summed E-state index contributed by atoms with van der Waals surface area (Å²) in [7, 11) is 0. The van der Waals surface area contributed by atoms with Gasteiger partial charge in [0.05, 0.1) is 25.6 Å². The Morgan fingerprint density at radius 2 is 1.90 bits per heavy atom. The first kappa shape index (κ1) is 21.6. The van der Waals surface area contributed by atoms with E-state index < -0.39 is 5.79 Å². The summed E-state index contributed by atoms with van der Waals surface area (Å²) in [6.45, 7) is 3.41. The van der Waals surface area contributed by atoms with E-state index in [1.165, 1.54) is 16.7 Å². The molecule has 158 valence electrons. The first-order valence-electron chi connectivity index (χ1n) is 10.3. The molecule has 4 nitrogen and oxygen atoms in total. The van der Waals surface area contributed by atoms with Gasteiger partial charge >= 0.3 is 0 Å². The van der Waals surface area contributed by atoms with Crippen molar-refractivity contribution in [1.82, 2.24) is 9.55 Å². The highest BCUT2D eigenvalue weighted by molar-refractivity contribution is 9.10. The lowest BCUT2D eigenvalue weighted by molar-refractivity contribution is -0.180. The number of hydrogen-bond donors (Lipinski definition) is 0. The SMILES string of the molecule is Cc1ccc(CSCC2COC(CCc3ccc(Br)cc3)(Cn3ccnc3)O2)cc1. The van der Waals surface area contributed by atoms with Gasteiger partial charge in [0.1, 0.15) is 0 Å². The highest BCUT2D eigenvalue weighted by Crippen LogP contribution is 2.32. The fraction of sp³-hybridized carbons (Fsp3) is 0.375. The minimum absolute atomic E-state index is 0.105. The van der Waals surface area contributed by atoms with Gasteiger partial charge in [0, 0.05) is 34.8 Å². The smallest absolute Gasteiger partial charge is 0.187 e. The molecular formula is C24H27BrN2O2S. The van der Waals surface area contributed by atoms with Crippen molar-refractivity contribution in [3.63, 3.8) is 0 Å². The van der Waals surface area contributed by atoms with Gasteiger partial charge in [-0.15, -0.1) is 0 Å². The zero-order valence-corrected chi connectivity index (χ0v) is 19.6. The van der Waals surface area contributed by atoms with Crippen molar-refractivity contribution < 1.29 is 9.47 Å². The second-order valence-electron chi connectivity index (χ2n) is 7.82. The maximum Gasteiger partial charge on any atom is 0.187 e. The molecule has 1 fully saturated rings. The van der Waals surface area contributed by atoms with Gasteiger partial charge in [0.15, 0.2) is 5.79 Å². The lowest BCUT2D eigenvalue weighted by Crippen LogP contribution is -2.37. The molecule has 0 radical (unpaired) electrons. The molecule has 2 atom stereocenters. The number of ether oxygens (including phenoxy) is 2. The quantitative estimate of drug-likeness (QED) is 0.392. The van der Waals surface area contributed by atoms with E-state index >= 15 is 0 Å². The number of hydrogen-bond acceptors (Lipinski definition) is 4. The fourth-order valence-corrected chi connectivity index (χ4v) is 4.87. The van der Waals surface area contributed by atoms with E-state index in [1.54, 1.807) is 6.20 Å². The highest BCUT2D eigenvalue weighted by Gasteiger charge is 2.41. The summed E-state index contributed by atoms with van der Waals surface area (Å²) >= 11 is 5.41. The van der Waals surface area contributed by atoms with Crippen LogP contribution in [-0.4, -0.2) is 33.8 Å². The molecule has 2 aromatic carbocycles. The Morgan fingerprint density at radius 3 is 2.63 bits per heavy atom. The number of halogens is 1. The predicted octanol–water partition coefficient (Wildman–Crippen LogP) is 5.63. The second-order valence-corrected chi connectivity index (χ2v) is 9.77. The van der Waals surface area contributed by atoms with E-state index in [1.807, 2.05) is 28.9 Å². The number of thioether (sulfide) groups is 1. The van der Waals surface area contributed by atoms with E-state index in [9.17, 15) is 0 Å². The molecule has 1 aliphatic heterocycles. The number of aryl methyl sites for hydroxylation is 2. The Balaban J connectivity index is 1.35. The molecule has 0 spiro atoms. The van der Waals surface area contributed by atoms with Gasteiger partial charge in [-0.2, -0.15) is 11.8 Å². The number of benzene rings is 2. The van der Waals surface area contributed by atoms with Crippen molar-refractivity contribution in [2.75, 3.05) is 12.4 Å². The van der Waals surface area contributed by atoms with E-state index in [-0.39, 0.29) is 6.10 Å². The fourth-order valence-electron chi connectivity index (χ4n) is 3.63. The van der Waals surface area contributed by atoms with Crippen LogP contribution >= 0.6 is 27.7 Å². The summed E-state index contributed by atoms with van der Waals surface area (Å²) in [6, 6.07) is 17.2. The van der Waals surface area contributed by atoms with E-state index in [4.69, 9.17) is 9.47 Å². The minimum atomic E-state index is -0.608. The average Bonchev–Trinajstić information content (AvgIpc) is 3.40. The third-order valence-electron chi connectivity index (χ3n) is 5.30. The van der Waals surface area contributed by atoms with Crippen molar-refractivity contribution in [3.8, 4) is 0 Å². The zero-order chi connectivity index (χ0) is 20.8. The van der Waals surface area contributed by atoms with Crippen LogP contribution in [0.25, 0.3) is 0 Å². The van der Waals surface area contributed by atoms with Gasteiger partial charge in [0.2, 0.25) is 0 Å². The molecular weight excluding hydrogens is 460 g/mol. The van der Waals surface area contributed by atoms with Gasteiger partial charge in [0.25, 0.3) is 0 Å². The average molecular weight is 487 g/mol. The first-order chi connectivity index (χ1) is 14.6. The Kier molecular flexibility index (Phi) is 7.31. The van der Waals surface area contributed by atoms with E-state index in [0.29, 0.717) is 13.2 Å². The molecule has 2 heterocycles. The van der Waals surface area contributed by atoms with E-state index in [2.05, 4.69) is 76.4 Å². The van der Waals surface area contributed by atoms with Crippen molar-refractivity contribution in [1.29, 1.82) is 0 Å². The van der Waals surface area contributed by atoms with Crippen LogP contribution in [0.4, 0.5) is 0 Å². The summed E-state index contributed by atoms with van der Waals surface area (Å²) in [5, 5.41) is 0. The monoisotopic (exact) mass is 486 g/mol. The maximum atomic E-state index is 6.52. The van der Waals surface area contributed by atoms with Gasteiger partial charge in [-0.25, -0.2) is 4.98 Å². The topological polar surface area (TPSA) is 36.3 Å². The van der Waals surface area contributed by atoms with Gasteiger partial charge in [-0.1, -0.05) is 57.9 Å². The molecule has 6 heteroatoms. The van der Waals surface area contributed by atoms with Crippen LogP contribution in [0.1, 0.15) is 23.1 Å². The van der Waals surface area contributed by atoms with Crippen molar-refractivity contribution in [2.24, 2.45) is 0 Å². The molecule has 0 saturated carbocycles. The third-order valence-corrected chi connectivity index (χ3v) is 6.97. The normalized spacial score (nSPS) is 21.2. The molecule has 0 N–H and O–H groups in total. The Bertz CT molecular complexity index is 915. The standard InChI is InChI=1S/C24H27BrN2O2S/c1-19-2-4-21(5-3-19)15-30-16-23-14-28-24(29-23,17-27-13-12-26-18-27)11-10-20-6-8-22(25)9-7-20/h2-9,12-13,18,23H,10-11,14-17H2,1H3. The van der Waals surface area contributed by atoms with Gasteiger partial charge in [-0.05, 0) is 36.6 Å². The van der Waals surface area contributed by atoms with Crippen LogP contribution in [0.5, 0.6) is 0 Å². The molecule has 0 aliphatic carbocycles. The largest absolute Gasteiger partial charge is 0.345 e. The zero-order valence-electron chi connectivity index (χ0n) is 17.2. The Hall–Kier alpha value is -1.60. The lowest BCUT2D eigenvalue weighted by atomic mass is 10.0. The Morgan fingerprint density at radius 1 is 1.13 bits per heavy atom. The first-order valence-corrected chi connectivity index (χ1v) is 12.2. The number of rotatable bonds is 9. The predicted molar refractivity (Wildman–Crippen MR) is 126 cm³/mol. The molecule has 2 unspecified atom stereocenters. The van der Waals surface area contributed by atoms with Crippen LogP contribution in [0.2, 0.25) is 0 Å². The van der Waals surface area contributed by atoms with Gasteiger partial charge < -0.3 is 14.0 Å². The molecule has 0 amide bonds. The molecule has 1 aromatic heterocycles. The number of nitrogens with zero attached hydrogens (tertiary/aromatic N) is 2. The summed E-state index contributed by atoms with van der Waals surface area (Å²) in [5.74, 6) is 1.31. The van der Waals surface area contributed by atoms with Crippen LogP contribution in [0.3, 0.4) is 0 Å². The second kappa shape index (κ2) is 10.1. The molecule has 3 aromatic rings. The molecule has 1 saturated heterocycles. The highest BCUT2D eigenvalue weighted by atomic mass is 79.9. The van der Waals surface area contributed by atoms with Crippen molar-refractivity contribution in [2.45, 2.75) is 44.0 Å². The maximum absolute atomic E-state index is 6.52. The Labute approximate surface area is 191 Å². The molecule has 1 aliphatic rings. The minimum Gasteiger partial charge on any atom is -0.345 e. The van der Waals surface area contributed by atoms with E-state index in [0.717, 1.165) is 28.8 Å². The lowest BCUT2D eigenvalue weighted by Gasteiger charge is -2.28. The van der Waals surface area contributed by atoms with Crippen LogP contribution < -0.4 is 0 Å². The molecule has 4 rings (SSSR count). The summed E-state index contributed by atoms with van der Waals surface area (Å²) in [4.78, 5) is 4.17. The third kappa shape index (κ3) is 5.97. The molecule has 0 bridgehead atoms. The van der Waals surface area contributed by atoms with Crippen molar-refractivity contribution >= 4 is 27.7 Å². The van der Waals surface area contributed by atoms with Crippen LogP contribution in [0, 0.1) is 6.92 Å². The van der Waals surface area contributed by atoms with Crippen molar-refractivity contribution in [3.05, 3.63) is 88.4 Å². The van der Waals surface area contributed by atoms with Crippen LogP contribution in [-0.2, 0) is 28.2 Å². The molecule has 30 heavy (non-hydrogen) atoms. The summed E-state index contributed by atoms with van der Waals surface area (Å²) in [5.41, 5.74) is 3.93. The number of imidazole rings is 1. The number of aromatic nitrogens is 2.